The fourth-order valence-electron chi connectivity index (χ4n) is 2.02. The van der Waals surface area contributed by atoms with E-state index in [9.17, 15) is 14.7 Å². The van der Waals surface area contributed by atoms with Gasteiger partial charge in [0, 0.05) is 6.20 Å². The van der Waals surface area contributed by atoms with E-state index >= 15 is 0 Å². The minimum Gasteiger partial charge on any atom is -0.394 e. The summed E-state index contributed by atoms with van der Waals surface area (Å²) in [6, 6.07) is 0. The SMILES string of the molecule is C=C=C1[C@H](n2cc(CO)c(=O)[nH]c2=O)O[C@H](CO)[C@H]1O. The molecule has 2 rings (SSSR count). The van der Waals surface area contributed by atoms with Crippen LogP contribution in [0.1, 0.15) is 11.8 Å². The van der Waals surface area contributed by atoms with Crippen LogP contribution in [0.15, 0.2) is 33.7 Å². The molecular weight excluding hydrogens is 268 g/mol. The van der Waals surface area contributed by atoms with Crippen LogP contribution in [-0.4, -0.2) is 43.7 Å². The average Bonchev–Trinajstić information content (AvgIpc) is 2.75. The number of hydrogen-bond acceptors (Lipinski definition) is 6. The molecule has 1 aromatic rings. The molecule has 8 nitrogen and oxygen atoms in total. The Morgan fingerprint density at radius 3 is 2.70 bits per heavy atom. The molecule has 2 heterocycles. The highest BCUT2D eigenvalue weighted by Gasteiger charge is 2.40. The van der Waals surface area contributed by atoms with Crippen LogP contribution in [0.3, 0.4) is 0 Å². The highest BCUT2D eigenvalue weighted by Crippen LogP contribution is 2.32. The van der Waals surface area contributed by atoms with Gasteiger partial charge in [0.25, 0.3) is 5.56 Å². The van der Waals surface area contributed by atoms with Gasteiger partial charge < -0.3 is 20.1 Å². The Hall–Kier alpha value is -1.96. The molecule has 0 saturated carbocycles. The lowest BCUT2D eigenvalue weighted by atomic mass is 10.1. The summed E-state index contributed by atoms with van der Waals surface area (Å²) in [6.07, 6.45) is -1.98. The lowest BCUT2D eigenvalue weighted by Gasteiger charge is -2.15. The second kappa shape index (κ2) is 5.58. The first-order chi connectivity index (χ1) is 9.53. The van der Waals surface area contributed by atoms with E-state index in [0.29, 0.717) is 0 Å². The van der Waals surface area contributed by atoms with Crippen molar-refractivity contribution >= 4 is 0 Å². The first kappa shape index (κ1) is 14.4. The summed E-state index contributed by atoms with van der Waals surface area (Å²) in [5, 5.41) is 28.0. The van der Waals surface area contributed by atoms with E-state index in [4.69, 9.17) is 14.9 Å². The normalized spacial score (nSPS) is 25.8. The Bertz CT molecular complexity index is 669. The van der Waals surface area contributed by atoms with Gasteiger partial charge in [0.1, 0.15) is 12.2 Å². The van der Waals surface area contributed by atoms with Gasteiger partial charge in [0.15, 0.2) is 6.23 Å². The van der Waals surface area contributed by atoms with Crippen LogP contribution in [0.2, 0.25) is 0 Å². The Morgan fingerprint density at radius 1 is 1.45 bits per heavy atom. The molecule has 1 aliphatic rings. The molecule has 0 aliphatic carbocycles. The summed E-state index contributed by atoms with van der Waals surface area (Å²) in [6.45, 7) is 2.40. The van der Waals surface area contributed by atoms with E-state index in [-0.39, 0.29) is 11.1 Å². The highest BCUT2D eigenvalue weighted by atomic mass is 16.5. The number of rotatable bonds is 3. The largest absolute Gasteiger partial charge is 0.394 e. The number of ether oxygens (including phenoxy) is 1. The van der Waals surface area contributed by atoms with Crippen molar-refractivity contribution in [2.24, 2.45) is 0 Å². The van der Waals surface area contributed by atoms with Crippen LogP contribution in [0.5, 0.6) is 0 Å². The van der Waals surface area contributed by atoms with Crippen LogP contribution in [0.25, 0.3) is 0 Å². The minimum atomic E-state index is -1.15. The molecule has 0 aromatic carbocycles. The topological polar surface area (TPSA) is 125 Å². The molecule has 1 fully saturated rings. The average molecular weight is 282 g/mol. The van der Waals surface area contributed by atoms with Crippen molar-refractivity contribution in [1.82, 2.24) is 9.55 Å². The molecule has 4 N–H and O–H groups in total. The van der Waals surface area contributed by atoms with Crippen molar-refractivity contribution in [3.05, 3.63) is 50.5 Å². The fraction of sp³-hybridized carbons (Fsp3) is 0.417. The van der Waals surface area contributed by atoms with Crippen molar-refractivity contribution < 1.29 is 20.1 Å². The quantitative estimate of drug-likeness (QED) is 0.475. The maximum Gasteiger partial charge on any atom is 0.330 e. The van der Waals surface area contributed by atoms with Gasteiger partial charge in [-0.2, -0.15) is 0 Å². The number of aromatic nitrogens is 2. The number of aromatic amines is 1. The van der Waals surface area contributed by atoms with E-state index in [1.807, 2.05) is 4.98 Å². The van der Waals surface area contributed by atoms with Gasteiger partial charge in [-0.1, -0.05) is 6.58 Å². The summed E-state index contributed by atoms with van der Waals surface area (Å²) < 4.78 is 6.35. The predicted molar refractivity (Wildman–Crippen MR) is 66.9 cm³/mol. The smallest absolute Gasteiger partial charge is 0.330 e. The number of aliphatic hydroxyl groups excluding tert-OH is 3. The summed E-state index contributed by atoms with van der Waals surface area (Å²) in [5.74, 6) is 0. The predicted octanol–water partition coefficient (Wildman–Crippen LogP) is -2.01. The van der Waals surface area contributed by atoms with Crippen molar-refractivity contribution in [3.63, 3.8) is 0 Å². The molecule has 0 amide bonds. The lowest BCUT2D eigenvalue weighted by molar-refractivity contribution is -0.0449. The van der Waals surface area contributed by atoms with Crippen LogP contribution in [0.4, 0.5) is 0 Å². The number of H-pyrrole nitrogens is 1. The Balaban J connectivity index is 2.54. The molecule has 0 bridgehead atoms. The van der Waals surface area contributed by atoms with Gasteiger partial charge in [-0.25, -0.2) is 4.79 Å². The first-order valence-electron chi connectivity index (χ1n) is 5.83. The summed E-state index contributed by atoms with van der Waals surface area (Å²) in [4.78, 5) is 25.2. The van der Waals surface area contributed by atoms with Crippen LogP contribution in [0, 0.1) is 0 Å². The molecule has 1 saturated heterocycles. The zero-order valence-corrected chi connectivity index (χ0v) is 10.4. The molecular formula is C12H14N2O6. The summed E-state index contributed by atoms with van der Waals surface area (Å²) >= 11 is 0. The van der Waals surface area contributed by atoms with Gasteiger partial charge >= 0.3 is 5.69 Å². The van der Waals surface area contributed by atoms with Gasteiger partial charge in [0.2, 0.25) is 0 Å². The number of aliphatic hydroxyl groups is 3. The maximum absolute atomic E-state index is 11.8. The zero-order valence-electron chi connectivity index (χ0n) is 10.4. The fourth-order valence-corrected chi connectivity index (χ4v) is 2.02. The van der Waals surface area contributed by atoms with Gasteiger partial charge in [-0.3, -0.25) is 14.3 Å². The van der Waals surface area contributed by atoms with Crippen molar-refractivity contribution in [2.45, 2.75) is 25.0 Å². The zero-order chi connectivity index (χ0) is 14.9. The maximum atomic E-state index is 11.8. The molecule has 0 unspecified atom stereocenters. The monoisotopic (exact) mass is 282 g/mol. The molecule has 1 aromatic heterocycles. The first-order valence-corrected chi connectivity index (χ1v) is 5.83. The number of hydrogen-bond donors (Lipinski definition) is 4. The molecule has 108 valence electrons. The van der Waals surface area contributed by atoms with E-state index in [1.165, 1.54) is 0 Å². The number of nitrogens with one attached hydrogen (secondary N) is 1. The minimum absolute atomic E-state index is 0.0291. The highest BCUT2D eigenvalue weighted by molar-refractivity contribution is 5.18. The third-order valence-electron chi connectivity index (χ3n) is 3.09. The molecule has 8 heteroatoms. The van der Waals surface area contributed by atoms with E-state index in [0.717, 1.165) is 10.8 Å². The Labute approximate surface area is 112 Å². The van der Waals surface area contributed by atoms with E-state index in [1.54, 1.807) is 0 Å². The third-order valence-corrected chi connectivity index (χ3v) is 3.09. The molecule has 20 heavy (non-hydrogen) atoms. The Morgan fingerprint density at radius 2 is 2.15 bits per heavy atom. The summed E-state index contributed by atoms with van der Waals surface area (Å²) in [7, 11) is 0. The van der Waals surface area contributed by atoms with Gasteiger partial charge in [0.05, 0.1) is 24.4 Å². The standard InChI is InChI=1S/C12H14N2O6/c1-2-7-9(17)8(5-16)20-11(7)14-3-6(4-15)10(18)13-12(14)19/h3,8-9,11,15-17H,1,4-5H2,(H,13,18,19)/t8-,9+,11-/m1/s1. The summed E-state index contributed by atoms with van der Waals surface area (Å²) in [5.41, 5.74) is 1.14. The molecule has 0 radical (unpaired) electrons. The second-order valence-electron chi connectivity index (χ2n) is 4.27. The van der Waals surface area contributed by atoms with E-state index in [2.05, 4.69) is 12.3 Å². The number of nitrogens with zero attached hydrogens (tertiary/aromatic N) is 1. The van der Waals surface area contributed by atoms with Gasteiger partial charge in [-0.05, 0) is 0 Å². The van der Waals surface area contributed by atoms with Crippen molar-refractivity contribution in [1.29, 1.82) is 0 Å². The van der Waals surface area contributed by atoms with Crippen molar-refractivity contribution in [3.8, 4) is 0 Å². The molecule has 1 aliphatic heterocycles. The van der Waals surface area contributed by atoms with Gasteiger partial charge in [-0.15, -0.1) is 5.73 Å². The lowest BCUT2D eigenvalue weighted by Crippen LogP contribution is -2.34. The van der Waals surface area contributed by atoms with Crippen molar-refractivity contribution in [2.75, 3.05) is 6.61 Å². The Kier molecular flexibility index (Phi) is 4.03. The molecule has 0 spiro atoms. The van der Waals surface area contributed by atoms with Crippen LogP contribution >= 0.6 is 0 Å². The van der Waals surface area contributed by atoms with Crippen LogP contribution in [-0.2, 0) is 11.3 Å². The molecule has 3 atom stereocenters. The second-order valence-corrected chi connectivity index (χ2v) is 4.27. The van der Waals surface area contributed by atoms with Crippen LogP contribution < -0.4 is 11.2 Å². The third kappa shape index (κ3) is 2.26. The van der Waals surface area contributed by atoms with E-state index < -0.39 is 42.9 Å².